The maximum Gasteiger partial charge on any atom is 0.147 e. The highest BCUT2D eigenvalue weighted by atomic mass is 79.9. The summed E-state index contributed by atoms with van der Waals surface area (Å²) in [4.78, 5) is 33.3. The average molecular weight is 770 g/mol. The Balaban J connectivity index is 0.00000612. The van der Waals surface area contributed by atoms with Crippen LogP contribution in [0.2, 0.25) is 0 Å². The van der Waals surface area contributed by atoms with Crippen LogP contribution >= 0.6 is 65.8 Å². The van der Waals surface area contributed by atoms with E-state index >= 15 is 0 Å². The summed E-state index contributed by atoms with van der Waals surface area (Å²) >= 11 is 6.70. The Labute approximate surface area is 258 Å². The van der Waals surface area contributed by atoms with Crippen LogP contribution < -0.4 is 0 Å². The summed E-state index contributed by atoms with van der Waals surface area (Å²) in [5, 5.41) is 1.57. The first-order valence-electron chi connectivity index (χ1n) is 13.7. The molecule has 2 aliphatic rings. The first-order chi connectivity index (χ1) is 16.6. The second-order valence-electron chi connectivity index (χ2n) is 10.0. The lowest BCUT2D eigenvalue weighted by molar-refractivity contribution is -0.121. The fourth-order valence-corrected chi connectivity index (χ4v) is 5.83. The van der Waals surface area contributed by atoms with Gasteiger partial charge in [-0.2, -0.15) is 0 Å². The number of ketones is 2. The number of rotatable bonds is 19. The van der Waals surface area contributed by atoms with E-state index in [4.69, 9.17) is 0 Å². The Hall–Kier alpha value is 1.10. The first-order valence-corrected chi connectivity index (χ1v) is 15.9. The van der Waals surface area contributed by atoms with Crippen molar-refractivity contribution in [2.45, 2.75) is 64.2 Å². The van der Waals surface area contributed by atoms with Crippen molar-refractivity contribution >= 4 is 77.4 Å². The van der Waals surface area contributed by atoms with Crippen LogP contribution in [0.5, 0.6) is 0 Å². The number of carbonyl (C=O) groups is 2. The summed E-state index contributed by atoms with van der Waals surface area (Å²) in [5.41, 5.74) is 0. The van der Waals surface area contributed by atoms with Crippen LogP contribution in [-0.2, 0) is 9.59 Å². The lowest BCUT2D eigenvalue weighted by atomic mass is 10.1. The number of unbranched alkanes of at least 4 members (excludes halogenated alkanes) is 7. The lowest BCUT2D eigenvalue weighted by Crippen LogP contribution is -2.48. The van der Waals surface area contributed by atoms with E-state index in [2.05, 4.69) is 51.5 Å². The van der Waals surface area contributed by atoms with E-state index in [1.54, 1.807) is 0 Å². The predicted octanol–water partition coefficient (Wildman–Crippen LogP) is 5.21. The van der Waals surface area contributed by atoms with Gasteiger partial charge in [0.05, 0.1) is 13.1 Å². The number of alkyl halides is 2. The third-order valence-electron chi connectivity index (χ3n) is 7.18. The zero-order valence-corrected chi connectivity index (χ0v) is 28.7. The van der Waals surface area contributed by atoms with E-state index in [1.165, 1.54) is 64.5 Å². The normalized spacial score (nSPS) is 17.9. The minimum atomic E-state index is 0. The Morgan fingerprint density at radius 1 is 0.472 bits per heavy atom. The maximum absolute atomic E-state index is 11.8. The topological polar surface area (TPSA) is 47.1 Å². The predicted molar refractivity (Wildman–Crippen MR) is 170 cm³/mol. The molecular formula is C26H50Br4N4O2. The van der Waals surface area contributed by atoms with Gasteiger partial charge in [0.25, 0.3) is 0 Å². The van der Waals surface area contributed by atoms with Crippen LogP contribution in [0.4, 0.5) is 0 Å². The third-order valence-corrected chi connectivity index (χ3v) is 7.97. The number of Topliss-reactive ketones (excluding diaryl/α,β-unsaturated/α-hetero) is 2. The SMILES string of the molecule is Br.Br.O=C(CCBr)CN1CCN(CCCCCCCCCCN2CCN(CC(=O)CCBr)CC2)CC1. The van der Waals surface area contributed by atoms with Crippen molar-refractivity contribution in [3.05, 3.63) is 0 Å². The first kappa shape index (κ1) is 37.1. The molecule has 0 aromatic rings. The van der Waals surface area contributed by atoms with Crippen LogP contribution in [0.25, 0.3) is 0 Å². The smallest absolute Gasteiger partial charge is 0.147 e. The highest BCUT2D eigenvalue weighted by Crippen LogP contribution is 2.12. The Bertz CT molecular complexity index is 510. The summed E-state index contributed by atoms with van der Waals surface area (Å²) < 4.78 is 0. The molecule has 0 unspecified atom stereocenters. The minimum absolute atomic E-state index is 0. The number of piperazine rings is 2. The molecule has 0 aromatic carbocycles. The summed E-state index contributed by atoms with van der Waals surface area (Å²) in [6, 6.07) is 0. The number of nitrogens with zero attached hydrogens (tertiary/aromatic N) is 4. The fraction of sp³-hybridized carbons (Fsp3) is 0.923. The van der Waals surface area contributed by atoms with Gasteiger partial charge in [-0.3, -0.25) is 19.4 Å². The van der Waals surface area contributed by atoms with Gasteiger partial charge in [0.1, 0.15) is 11.6 Å². The van der Waals surface area contributed by atoms with Crippen LogP contribution in [0, 0.1) is 0 Å². The molecule has 214 valence electrons. The molecule has 2 heterocycles. The van der Waals surface area contributed by atoms with Gasteiger partial charge in [-0.1, -0.05) is 70.4 Å². The molecule has 2 aliphatic heterocycles. The van der Waals surface area contributed by atoms with Gasteiger partial charge in [0.15, 0.2) is 0 Å². The zero-order chi connectivity index (χ0) is 24.4. The van der Waals surface area contributed by atoms with Crippen molar-refractivity contribution in [1.29, 1.82) is 0 Å². The largest absolute Gasteiger partial charge is 0.301 e. The van der Waals surface area contributed by atoms with Gasteiger partial charge in [-0.25, -0.2) is 0 Å². The highest BCUT2D eigenvalue weighted by molar-refractivity contribution is 9.09. The van der Waals surface area contributed by atoms with E-state index in [0.717, 1.165) is 63.0 Å². The van der Waals surface area contributed by atoms with Gasteiger partial charge in [-0.05, 0) is 25.9 Å². The van der Waals surface area contributed by atoms with Crippen molar-refractivity contribution < 1.29 is 9.59 Å². The molecule has 0 radical (unpaired) electrons. The second kappa shape index (κ2) is 23.9. The molecule has 0 aromatic heterocycles. The molecule has 0 amide bonds. The molecular weight excluding hydrogens is 720 g/mol. The highest BCUT2D eigenvalue weighted by Gasteiger charge is 2.19. The van der Waals surface area contributed by atoms with E-state index in [1.807, 2.05) is 0 Å². The van der Waals surface area contributed by atoms with Crippen LogP contribution in [-0.4, -0.2) is 120 Å². The van der Waals surface area contributed by atoms with Gasteiger partial charge in [0.2, 0.25) is 0 Å². The minimum Gasteiger partial charge on any atom is -0.301 e. The number of halogens is 4. The molecule has 0 spiro atoms. The van der Waals surface area contributed by atoms with Gasteiger partial charge < -0.3 is 9.80 Å². The van der Waals surface area contributed by atoms with Gasteiger partial charge >= 0.3 is 0 Å². The number of carbonyl (C=O) groups excluding carboxylic acids is 2. The Morgan fingerprint density at radius 2 is 0.750 bits per heavy atom. The molecule has 2 rings (SSSR count). The Morgan fingerprint density at radius 3 is 1.06 bits per heavy atom. The van der Waals surface area contributed by atoms with Crippen molar-refractivity contribution in [1.82, 2.24) is 19.6 Å². The van der Waals surface area contributed by atoms with E-state index in [-0.39, 0.29) is 34.0 Å². The van der Waals surface area contributed by atoms with Crippen LogP contribution in [0.3, 0.4) is 0 Å². The molecule has 10 heteroatoms. The summed E-state index contributed by atoms with van der Waals surface area (Å²) in [5.74, 6) is 0.720. The molecule has 6 nitrogen and oxygen atoms in total. The lowest BCUT2D eigenvalue weighted by Gasteiger charge is -2.34. The van der Waals surface area contributed by atoms with Gasteiger partial charge in [0, 0.05) is 75.9 Å². The monoisotopic (exact) mass is 766 g/mol. The molecule has 0 aliphatic carbocycles. The maximum atomic E-state index is 11.8. The van der Waals surface area contributed by atoms with Crippen molar-refractivity contribution in [2.24, 2.45) is 0 Å². The zero-order valence-electron chi connectivity index (χ0n) is 22.1. The molecule has 2 fully saturated rings. The van der Waals surface area contributed by atoms with Crippen LogP contribution in [0.15, 0.2) is 0 Å². The standard InChI is InChI=1S/C26H48Br2N4O2.2BrH/c27-11-9-25(33)23-31-19-15-29(16-20-31)13-7-5-3-1-2-4-6-8-14-30-17-21-32(22-18-30)24-26(34)10-12-28;;/h1-24H2;2*1H. The Kier molecular flexibility index (Phi) is 24.7. The third kappa shape index (κ3) is 17.6. The number of hydrogen-bond acceptors (Lipinski definition) is 6. The van der Waals surface area contributed by atoms with E-state index in [9.17, 15) is 9.59 Å². The summed E-state index contributed by atoms with van der Waals surface area (Å²) in [6.07, 6.45) is 12.1. The molecule has 0 saturated carbocycles. The van der Waals surface area contributed by atoms with Crippen molar-refractivity contribution in [3.8, 4) is 0 Å². The molecule has 0 N–H and O–H groups in total. The molecule has 2 saturated heterocycles. The fourth-order valence-electron chi connectivity index (χ4n) is 4.94. The van der Waals surface area contributed by atoms with Crippen LogP contribution in [0.1, 0.15) is 64.2 Å². The summed E-state index contributed by atoms with van der Waals surface area (Å²) in [6.45, 7) is 12.4. The quantitative estimate of drug-likeness (QED) is 0.133. The molecule has 0 atom stereocenters. The summed E-state index contributed by atoms with van der Waals surface area (Å²) in [7, 11) is 0. The molecule has 36 heavy (non-hydrogen) atoms. The van der Waals surface area contributed by atoms with Gasteiger partial charge in [-0.15, -0.1) is 34.0 Å². The van der Waals surface area contributed by atoms with E-state index < -0.39 is 0 Å². The number of hydrogen-bond donors (Lipinski definition) is 0. The van der Waals surface area contributed by atoms with Crippen molar-refractivity contribution in [3.63, 3.8) is 0 Å². The second-order valence-corrected chi connectivity index (χ2v) is 11.6. The average Bonchev–Trinajstić information content (AvgIpc) is 2.82. The van der Waals surface area contributed by atoms with Crippen molar-refractivity contribution in [2.75, 3.05) is 89.2 Å². The molecule has 0 bridgehead atoms. The van der Waals surface area contributed by atoms with E-state index in [0.29, 0.717) is 37.5 Å².